The van der Waals surface area contributed by atoms with Crippen molar-refractivity contribution in [2.75, 3.05) is 13.1 Å². The minimum atomic E-state index is -0.525. The number of halogens is 3. The number of likely N-dealkylation sites (N-methyl/N-ethyl adjacent to an activating group) is 1. The molecule has 100 valence electrons. The Morgan fingerprint density at radius 1 is 1.44 bits per heavy atom. The zero-order chi connectivity index (χ0) is 13.7. The van der Waals surface area contributed by atoms with Crippen LogP contribution in [-0.4, -0.2) is 19.0 Å². The van der Waals surface area contributed by atoms with Crippen LogP contribution in [0.5, 0.6) is 0 Å². The minimum Gasteiger partial charge on any atom is -0.355 e. The van der Waals surface area contributed by atoms with E-state index in [1.165, 1.54) is 12.1 Å². The molecule has 18 heavy (non-hydrogen) atoms. The lowest BCUT2D eigenvalue weighted by Gasteiger charge is -2.17. The maximum atomic E-state index is 13.3. The van der Waals surface area contributed by atoms with Crippen LogP contribution in [0.2, 0.25) is 10.0 Å². The summed E-state index contributed by atoms with van der Waals surface area (Å²) >= 11 is 11.9. The van der Waals surface area contributed by atoms with E-state index in [9.17, 15) is 9.18 Å². The van der Waals surface area contributed by atoms with E-state index in [4.69, 9.17) is 23.2 Å². The molecule has 1 atom stereocenters. The number of rotatable bonds is 5. The predicted molar refractivity (Wildman–Crippen MR) is 71.5 cm³/mol. The van der Waals surface area contributed by atoms with Gasteiger partial charge < -0.3 is 10.6 Å². The Balaban J connectivity index is 2.75. The third-order valence-corrected chi connectivity index (χ3v) is 3.17. The quantitative estimate of drug-likeness (QED) is 0.820. The van der Waals surface area contributed by atoms with E-state index in [1.54, 1.807) is 6.92 Å². The highest BCUT2D eigenvalue weighted by Crippen LogP contribution is 2.32. The van der Waals surface area contributed by atoms with Crippen LogP contribution in [0.4, 0.5) is 4.39 Å². The third kappa shape index (κ3) is 3.83. The highest BCUT2D eigenvalue weighted by atomic mass is 35.5. The van der Waals surface area contributed by atoms with E-state index >= 15 is 0 Å². The summed E-state index contributed by atoms with van der Waals surface area (Å²) in [5.41, 5.74) is 0.461. The fourth-order valence-corrected chi connectivity index (χ4v) is 2.25. The summed E-state index contributed by atoms with van der Waals surface area (Å²) in [7, 11) is 0. The van der Waals surface area contributed by atoms with Crippen LogP contribution >= 0.6 is 23.2 Å². The van der Waals surface area contributed by atoms with Gasteiger partial charge in [0.25, 0.3) is 0 Å². The van der Waals surface area contributed by atoms with Crippen LogP contribution in [0.25, 0.3) is 0 Å². The van der Waals surface area contributed by atoms with Crippen LogP contribution in [0, 0.1) is 5.82 Å². The summed E-state index contributed by atoms with van der Waals surface area (Å²) in [6.45, 7) is 4.29. The fraction of sp³-hybridized carbons (Fsp3) is 0.417. The second kappa shape index (κ2) is 6.92. The third-order valence-electron chi connectivity index (χ3n) is 2.46. The first-order valence-electron chi connectivity index (χ1n) is 5.60. The highest BCUT2D eigenvalue weighted by molar-refractivity contribution is 6.36. The molecule has 0 saturated heterocycles. The van der Waals surface area contributed by atoms with E-state index in [1.807, 2.05) is 6.92 Å². The monoisotopic (exact) mass is 292 g/mol. The van der Waals surface area contributed by atoms with Gasteiger partial charge in [0.05, 0.1) is 11.6 Å². The first kappa shape index (κ1) is 15.2. The molecule has 2 N–H and O–H groups in total. The van der Waals surface area contributed by atoms with Crippen molar-refractivity contribution in [2.24, 2.45) is 0 Å². The Morgan fingerprint density at radius 2 is 2.11 bits per heavy atom. The van der Waals surface area contributed by atoms with Gasteiger partial charge in [-0.15, -0.1) is 0 Å². The van der Waals surface area contributed by atoms with Crippen molar-refractivity contribution in [3.05, 3.63) is 33.6 Å². The highest BCUT2D eigenvalue weighted by Gasteiger charge is 2.17. The summed E-state index contributed by atoms with van der Waals surface area (Å²) in [6, 6.07) is 2.34. The molecule has 0 aromatic heterocycles. The molecular formula is C12H15Cl2FN2O. The van der Waals surface area contributed by atoms with E-state index in [0.717, 1.165) is 0 Å². The number of amides is 1. The van der Waals surface area contributed by atoms with Crippen LogP contribution in [0.3, 0.4) is 0 Å². The maximum absolute atomic E-state index is 13.3. The van der Waals surface area contributed by atoms with Crippen LogP contribution < -0.4 is 10.6 Å². The molecule has 0 bridgehead atoms. The van der Waals surface area contributed by atoms with Gasteiger partial charge in [-0.2, -0.15) is 0 Å². The number of nitrogens with one attached hydrogen (secondary N) is 2. The molecule has 3 nitrogen and oxygen atoms in total. The average Bonchev–Trinajstić information content (AvgIpc) is 2.32. The molecule has 0 radical (unpaired) electrons. The summed E-state index contributed by atoms with van der Waals surface area (Å²) in [6.07, 6.45) is 0. The van der Waals surface area contributed by atoms with Crippen LogP contribution in [0.1, 0.15) is 25.5 Å². The molecule has 1 aromatic rings. The molecule has 0 heterocycles. The molecule has 0 aliphatic rings. The number of carbonyl (C=O) groups excluding carboxylic acids is 1. The molecule has 0 fully saturated rings. The Labute approximate surface area is 116 Å². The summed E-state index contributed by atoms with van der Waals surface area (Å²) in [5.74, 6) is -0.657. The molecule has 0 aliphatic carbocycles. The first-order chi connectivity index (χ1) is 8.47. The van der Waals surface area contributed by atoms with Crippen molar-refractivity contribution >= 4 is 29.1 Å². The van der Waals surface area contributed by atoms with E-state index in [-0.39, 0.29) is 23.5 Å². The Kier molecular flexibility index (Phi) is 5.85. The van der Waals surface area contributed by atoms with Crippen molar-refractivity contribution in [1.82, 2.24) is 10.6 Å². The normalized spacial score (nSPS) is 12.3. The second-order valence-corrected chi connectivity index (χ2v) is 4.60. The molecule has 1 aromatic carbocycles. The topological polar surface area (TPSA) is 41.1 Å². The van der Waals surface area contributed by atoms with Crippen molar-refractivity contribution in [3.63, 3.8) is 0 Å². The first-order valence-corrected chi connectivity index (χ1v) is 6.36. The molecule has 6 heteroatoms. The van der Waals surface area contributed by atoms with E-state index < -0.39 is 5.82 Å². The number of carbonyl (C=O) groups is 1. The number of hydrogen-bond acceptors (Lipinski definition) is 2. The van der Waals surface area contributed by atoms with Crippen molar-refractivity contribution < 1.29 is 9.18 Å². The average molecular weight is 293 g/mol. The summed E-state index contributed by atoms with van der Waals surface area (Å²) < 4.78 is 13.3. The van der Waals surface area contributed by atoms with Crippen molar-refractivity contribution in [2.45, 2.75) is 19.9 Å². The molecule has 1 unspecified atom stereocenters. The predicted octanol–water partition coefficient (Wildman–Crippen LogP) is 2.92. The molecule has 0 spiro atoms. The number of hydrogen-bond donors (Lipinski definition) is 2. The molecule has 0 aliphatic heterocycles. The molecule has 0 saturated carbocycles. The lowest BCUT2D eigenvalue weighted by atomic mass is 10.1. The van der Waals surface area contributed by atoms with Crippen molar-refractivity contribution in [1.29, 1.82) is 0 Å². The maximum Gasteiger partial charge on any atom is 0.233 e. The van der Waals surface area contributed by atoms with Crippen molar-refractivity contribution in [3.8, 4) is 0 Å². The largest absolute Gasteiger partial charge is 0.355 e. The van der Waals surface area contributed by atoms with Gasteiger partial charge in [-0.25, -0.2) is 4.39 Å². The minimum absolute atomic E-state index is 0.0154. The lowest BCUT2D eigenvalue weighted by Crippen LogP contribution is -2.35. The fourth-order valence-electron chi connectivity index (χ4n) is 1.55. The smallest absolute Gasteiger partial charge is 0.233 e. The van der Waals surface area contributed by atoms with Gasteiger partial charge >= 0.3 is 0 Å². The summed E-state index contributed by atoms with van der Waals surface area (Å²) in [4.78, 5) is 11.3. The van der Waals surface area contributed by atoms with Gasteiger partial charge in [0.2, 0.25) is 5.91 Å². The molecule has 1 rings (SSSR count). The van der Waals surface area contributed by atoms with E-state index in [0.29, 0.717) is 17.1 Å². The van der Waals surface area contributed by atoms with Gasteiger partial charge in [-0.1, -0.05) is 23.2 Å². The van der Waals surface area contributed by atoms with E-state index in [2.05, 4.69) is 10.6 Å². The van der Waals surface area contributed by atoms with Gasteiger partial charge in [0, 0.05) is 23.2 Å². The number of benzene rings is 1. The zero-order valence-corrected chi connectivity index (χ0v) is 11.7. The molecule has 1 amide bonds. The lowest BCUT2D eigenvalue weighted by molar-refractivity contribution is -0.120. The second-order valence-electron chi connectivity index (χ2n) is 3.81. The summed E-state index contributed by atoms with van der Waals surface area (Å²) in [5, 5.41) is 5.95. The Morgan fingerprint density at radius 3 is 2.72 bits per heavy atom. The van der Waals surface area contributed by atoms with Gasteiger partial charge in [0.1, 0.15) is 5.82 Å². The molecular weight excluding hydrogens is 278 g/mol. The zero-order valence-electron chi connectivity index (χ0n) is 10.2. The SMILES string of the molecule is CCNC(=O)CNC(C)c1c(Cl)ccc(F)c1Cl. The van der Waals surface area contributed by atoms with Crippen LogP contribution in [0.15, 0.2) is 12.1 Å². The van der Waals surface area contributed by atoms with Crippen LogP contribution in [-0.2, 0) is 4.79 Å². The van der Waals surface area contributed by atoms with Gasteiger partial charge in [-0.3, -0.25) is 4.79 Å². The Hall–Kier alpha value is -0.840. The standard InChI is InChI=1S/C12H15Cl2FN2O/c1-3-16-10(18)6-17-7(2)11-8(13)4-5-9(15)12(11)14/h4-5,7,17H,3,6H2,1-2H3,(H,16,18). The Bertz CT molecular complexity index is 440. The van der Waals surface area contributed by atoms with Gasteiger partial charge in [0.15, 0.2) is 0 Å². The van der Waals surface area contributed by atoms with Gasteiger partial charge in [-0.05, 0) is 26.0 Å².